The summed E-state index contributed by atoms with van der Waals surface area (Å²) in [6, 6.07) is 12.4. The van der Waals surface area contributed by atoms with Crippen LogP contribution in [0, 0.1) is 26.6 Å². The van der Waals surface area contributed by atoms with Crippen LogP contribution in [0.2, 0.25) is 0 Å². The van der Waals surface area contributed by atoms with Gasteiger partial charge in [0.05, 0.1) is 22.8 Å². The van der Waals surface area contributed by atoms with Gasteiger partial charge < -0.3 is 9.80 Å². The summed E-state index contributed by atoms with van der Waals surface area (Å²) in [5, 5.41) is 5.50. The van der Waals surface area contributed by atoms with Crippen LogP contribution < -0.4 is 4.90 Å². The van der Waals surface area contributed by atoms with E-state index in [2.05, 4.69) is 47.0 Å². The summed E-state index contributed by atoms with van der Waals surface area (Å²) in [5.41, 5.74) is 4.18. The highest BCUT2D eigenvalue weighted by atomic mass is 19.1. The van der Waals surface area contributed by atoms with E-state index in [1.807, 2.05) is 11.6 Å². The van der Waals surface area contributed by atoms with Crippen molar-refractivity contribution in [2.24, 2.45) is 0 Å². The highest BCUT2D eigenvalue weighted by molar-refractivity contribution is 5.95. The molecule has 3 heterocycles. The predicted molar refractivity (Wildman–Crippen MR) is 125 cm³/mol. The van der Waals surface area contributed by atoms with E-state index in [0.717, 1.165) is 28.1 Å². The van der Waals surface area contributed by atoms with Gasteiger partial charge in [-0.3, -0.25) is 4.79 Å². The van der Waals surface area contributed by atoms with Gasteiger partial charge in [-0.1, -0.05) is 29.8 Å². The summed E-state index contributed by atoms with van der Waals surface area (Å²) >= 11 is 0. The van der Waals surface area contributed by atoms with E-state index in [4.69, 9.17) is 4.98 Å². The van der Waals surface area contributed by atoms with Gasteiger partial charge in [-0.05, 0) is 44.5 Å². The van der Waals surface area contributed by atoms with Crippen LogP contribution in [0.3, 0.4) is 0 Å². The lowest BCUT2D eigenvalue weighted by Crippen LogP contribution is -2.49. The third-order valence-electron chi connectivity index (χ3n) is 6.07. The van der Waals surface area contributed by atoms with Crippen LogP contribution in [0.4, 0.5) is 10.2 Å². The minimum Gasteiger partial charge on any atom is -0.352 e. The number of halogens is 1. The van der Waals surface area contributed by atoms with Gasteiger partial charge in [0.15, 0.2) is 5.65 Å². The molecule has 33 heavy (non-hydrogen) atoms. The van der Waals surface area contributed by atoms with Gasteiger partial charge in [-0.25, -0.2) is 19.0 Å². The average molecular weight is 445 g/mol. The van der Waals surface area contributed by atoms with Crippen molar-refractivity contribution in [3.8, 4) is 5.69 Å². The van der Waals surface area contributed by atoms with Crippen molar-refractivity contribution in [1.29, 1.82) is 0 Å². The first-order valence-electron chi connectivity index (χ1n) is 11.0. The molecule has 0 spiro atoms. The lowest BCUT2D eigenvalue weighted by atomic mass is 10.1. The highest BCUT2D eigenvalue weighted by Crippen LogP contribution is 2.28. The molecule has 0 aliphatic carbocycles. The molecular weight excluding hydrogens is 419 g/mol. The molecular formula is C25H25FN6O. The summed E-state index contributed by atoms with van der Waals surface area (Å²) in [7, 11) is 0. The number of hydrogen-bond donors (Lipinski definition) is 0. The SMILES string of the molecule is Cc1ccc(-n2ncc3c(N4CCN(C(=O)c5ccccc5F)CC4)nc(C)nc32)c(C)c1. The molecule has 2 aromatic carbocycles. The normalized spacial score (nSPS) is 14.2. The number of anilines is 1. The molecule has 7 nitrogen and oxygen atoms in total. The monoisotopic (exact) mass is 444 g/mol. The Morgan fingerprint density at radius 3 is 2.45 bits per heavy atom. The van der Waals surface area contributed by atoms with Gasteiger partial charge >= 0.3 is 0 Å². The van der Waals surface area contributed by atoms with Crippen LogP contribution in [0.5, 0.6) is 0 Å². The number of hydrogen-bond acceptors (Lipinski definition) is 5. The van der Waals surface area contributed by atoms with Crippen molar-refractivity contribution in [3.63, 3.8) is 0 Å². The number of rotatable bonds is 3. The number of carbonyl (C=O) groups excluding carboxylic acids is 1. The zero-order valence-electron chi connectivity index (χ0n) is 18.9. The van der Waals surface area contributed by atoms with Crippen molar-refractivity contribution in [2.45, 2.75) is 20.8 Å². The largest absolute Gasteiger partial charge is 0.352 e. The van der Waals surface area contributed by atoms with Crippen LogP contribution in [-0.2, 0) is 0 Å². The third kappa shape index (κ3) is 3.82. The van der Waals surface area contributed by atoms with E-state index in [1.54, 1.807) is 23.2 Å². The smallest absolute Gasteiger partial charge is 0.256 e. The molecule has 8 heteroatoms. The molecule has 0 saturated carbocycles. The van der Waals surface area contributed by atoms with Crippen LogP contribution >= 0.6 is 0 Å². The molecule has 1 aliphatic heterocycles. The summed E-state index contributed by atoms with van der Waals surface area (Å²) < 4.78 is 15.9. The Morgan fingerprint density at radius 2 is 1.73 bits per heavy atom. The van der Waals surface area contributed by atoms with Crippen molar-refractivity contribution >= 4 is 22.8 Å². The summed E-state index contributed by atoms with van der Waals surface area (Å²) in [4.78, 5) is 26.0. The van der Waals surface area contributed by atoms with Crippen molar-refractivity contribution in [3.05, 3.63) is 77.0 Å². The zero-order chi connectivity index (χ0) is 23.1. The molecule has 0 bridgehead atoms. The van der Waals surface area contributed by atoms with E-state index < -0.39 is 5.82 Å². The van der Waals surface area contributed by atoms with Crippen LogP contribution in [-0.4, -0.2) is 56.7 Å². The molecule has 0 radical (unpaired) electrons. The Kier molecular flexibility index (Phi) is 5.28. The summed E-state index contributed by atoms with van der Waals surface area (Å²) in [5.74, 6) is 0.705. The van der Waals surface area contributed by atoms with Crippen molar-refractivity contribution in [2.75, 3.05) is 31.1 Å². The lowest BCUT2D eigenvalue weighted by Gasteiger charge is -2.35. The molecule has 1 aliphatic rings. The zero-order valence-corrected chi connectivity index (χ0v) is 18.9. The number of carbonyl (C=O) groups is 1. The number of fused-ring (bicyclic) bond motifs is 1. The minimum atomic E-state index is -0.489. The fourth-order valence-electron chi connectivity index (χ4n) is 4.39. The molecule has 168 valence electrons. The second kappa shape index (κ2) is 8.27. The van der Waals surface area contributed by atoms with Crippen LogP contribution in [0.1, 0.15) is 27.3 Å². The predicted octanol–water partition coefficient (Wildman–Crippen LogP) is 3.84. The first-order valence-corrected chi connectivity index (χ1v) is 11.0. The topological polar surface area (TPSA) is 67.2 Å². The van der Waals surface area contributed by atoms with E-state index in [9.17, 15) is 9.18 Å². The Morgan fingerprint density at radius 1 is 0.970 bits per heavy atom. The summed E-state index contributed by atoms with van der Waals surface area (Å²) in [6.07, 6.45) is 1.81. The second-order valence-corrected chi connectivity index (χ2v) is 8.44. The standard InChI is InChI=1S/C25H25FN6O/c1-16-8-9-22(17(2)14-16)32-24-20(15-27-32)23(28-18(3)29-24)30-10-12-31(13-11-30)25(33)19-6-4-5-7-21(19)26/h4-9,14-15H,10-13H2,1-3H3. The molecule has 1 saturated heterocycles. The molecule has 2 aromatic heterocycles. The lowest BCUT2D eigenvalue weighted by molar-refractivity contribution is 0.0742. The highest BCUT2D eigenvalue weighted by Gasteiger charge is 2.26. The third-order valence-corrected chi connectivity index (χ3v) is 6.07. The fourth-order valence-corrected chi connectivity index (χ4v) is 4.39. The molecule has 4 aromatic rings. The van der Waals surface area contributed by atoms with Gasteiger partial charge in [0.25, 0.3) is 5.91 Å². The number of benzene rings is 2. The van der Waals surface area contributed by atoms with E-state index >= 15 is 0 Å². The molecule has 0 unspecified atom stereocenters. The fraction of sp³-hybridized carbons (Fsp3) is 0.280. The average Bonchev–Trinajstić information content (AvgIpc) is 3.22. The van der Waals surface area contributed by atoms with Gasteiger partial charge in [0.1, 0.15) is 17.5 Å². The van der Waals surface area contributed by atoms with Gasteiger partial charge in [0.2, 0.25) is 0 Å². The molecule has 5 rings (SSSR count). The van der Waals surface area contributed by atoms with Gasteiger partial charge in [-0.2, -0.15) is 5.10 Å². The van der Waals surface area contributed by atoms with Crippen molar-refractivity contribution in [1.82, 2.24) is 24.6 Å². The number of piperazine rings is 1. The van der Waals surface area contributed by atoms with Crippen molar-refractivity contribution < 1.29 is 9.18 Å². The quantitative estimate of drug-likeness (QED) is 0.480. The Labute approximate surface area is 191 Å². The maximum atomic E-state index is 14.1. The molecule has 1 amide bonds. The second-order valence-electron chi connectivity index (χ2n) is 8.44. The van der Waals surface area contributed by atoms with Crippen LogP contribution in [0.15, 0.2) is 48.7 Å². The molecule has 1 fully saturated rings. The molecule has 0 N–H and O–H groups in total. The Hall–Kier alpha value is -3.81. The number of aryl methyl sites for hydroxylation is 3. The maximum Gasteiger partial charge on any atom is 0.256 e. The first kappa shape index (κ1) is 21.1. The number of amides is 1. The summed E-state index contributed by atoms with van der Waals surface area (Å²) in [6.45, 7) is 8.18. The number of nitrogens with zero attached hydrogens (tertiary/aromatic N) is 6. The molecule has 0 atom stereocenters. The maximum absolute atomic E-state index is 14.1. The van der Waals surface area contributed by atoms with Gasteiger partial charge in [0, 0.05) is 26.2 Å². The van der Waals surface area contributed by atoms with Crippen LogP contribution in [0.25, 0.3) is 16.7 Å². The van der Waals surface area contributed by atoms with E-state index in [1.165, 1.54) is 17.7 Å². The Balaban J connectivity index is 1.43. The van der Waals surface area contributed by atoms with E-state index in [-0.39, 0.29) is 11.5 Å². The minimum absolute atomic E-state index is 0.112. The van der Waals surface area contributed by atoms with Gasteiger partial charge in [-0.15, -0.1) is 0 Å². The Bertz CT molecular complexity index is 1360. The first-order chi connectivity index (χ1) is 15.9. The van der Waals surface area contributed by atoms with E-state index in [0.29, 0.717) is 32.0 Å². The number of aromatic nitrogens is 4.